The first-order valence-electron chi connectivity index (χ1n) is 4.97. The minimum atomic E-state index is 0.484. The summed E-state index contributed by atoms with van der Waals surface area (Å²) in [5.41, 5.74) is 1.71. The predicted molar refractivity (Wildman–Crippen MR) is 68.4 cm³/mol. The maximum absolute atomic E-state index is 5.98. The van der Waals surface area contributed by atoms with Gasteiger partial charge >= 0.3 is 0 Å². The molecule has 2 aromatic heterocycles. The van der Waals surface area contributed by atoms with Gasteiger partial charge in [0.15, 0.2) is 0 Å². The average Bonchev–Trinajstić information content (AvgIpc) is 2.30. The molecule has 0 aliphatic rings. The Morgan fingerprint density at radius 1 is 1.12 bits per heavy atom. The smallest absolute Gasteiger partial charge is 0.145 e. The van der Waals surface area contributed by atoms with E-state index in [2.05, 4.69) is 20.3 Å². The molecule has 0 bridgehead atoms. The third-order valence-electron chi connectivity index (χ3n) is 2.08. The van der Waals surface area contributed by atoms with Gasteiger partial charge in [-0.2, -0.15) is 0 Å². The van der Waals surface area contributed by atoms with Crippen molar-refractivity contribution in [1.82, 2.24) is 15.0 Å². The van der Waals surface area contributed by atoms with E-state index in [1.165, 1.54) is 6.20 Å². The maximum Gasteiger partial charge on any atom is 0.145 e. The van der Waals surface area contributed by atoms with Crippen LogP contribution in [0.25, 0.3) is 0 Å². The van der Waals surface area contributed by atoms with Crippen molar-refractivity contribution in [3.8, 4) is 0 Å². The fraction of sp³-hybridized carbons (Fsp3) is 0.182. The van der Waals surface area contributed by atoms with E-state index in [9.17, 15) is 0 Å². The second kappa shape index (κ2) is 5.29. The molecule has 2 heterocycles. The van der Waals surface area contributed by atoms with Crippen LogP contribution in [-0.2, 0) is 6.54 Å². The van der Waals surface area contributed by atoms with Gasteiger partial charge in [-0.1, -0.05) is 23.2 Å². The van der Waals surface area contributed by atoms with Crippen LogP contribution < -0.4 is 5.32 Å². The Hall–Kier alpha value is -1.39. The van der Waals surface area contributed by atoms with E-state index in [4.69, 9.17) is 23.2 Å². The number of nitrogens with zero attached hydrogens (tertiary/aromatic N) is 3. The lowest BCUT2D eigenvalue weighted by atomic mass is 10.4. The number of rotatable bonds is 3. The molecule has 0 saturated carbocycles. The zero-order chi connectivity index (χ0) is 12.3. The molecule has 0 aliphatic heterocycles. The molecule has 0 aliphatic carbocycles. The summed E-state index contributed by atoms with van der Waals surface area (Å²) in [6.45, 7) is 2.41. The van der Waals surface area contributed by atoms with Crippen LogP contribution in [0.4, 0.5) is 5.82 Å². The number of aromatic nitrogens is 3. The lowest BCUT2D eigenvalue weighted by Gasteiger charge is -2.06. The number of aryl methyl sites for hydroxylation is 1. The number of pyridine rings is 1. The first kappa shape index (κ1) is 12.1. The van der Waals surface area contributed by atoms with Gasteiger partial charge in [0.05, 0.1) is 34.2 Å². The number of hydrogen-bond donors (Lipinski definition) is 1. The molecule has 0 unspecified atom stereocenters. The largest absolute Gasteiger partial charge is 0.363 e. The second-order valence-electron chi connectivity index (χ2n) is 3.49. The molecule has 0 saturated heterocycles. The maximum atomic E-state index is 5.98. The molecule has 2 rings (SSSR count). The molecule has 0 atom stereocenters. The highest BCUT2D eigenvalue weighted by molar-refractivity contribution is 6.35. The lowest BCUT2D eigenvalue weighted by Crippen LogP contribution is -2.04. The summed E-state index contributed by atoms with van der Waals surface area (Å²) < 4.78 is 0. The minimum absolute atomic E-state index is 0.484. The molecule has 4 nitrogen and oxygen atoms in total. The molecule has 1 N–H and O–H groups in total. The average molecular weight is 269 g/mol. The molecule has 0 fully saturated rings. The summed E-state index contributed by atoms with van der Waals surface area (Å²) >= 11 is 11.7. The molecule has 0 aromatic carbocycles. The molecular weight excluding hydrogens is 259 g/mol. The first-order chi connectivity index (χ1) is 8.15. The topological polar surface area (TPSA) is 50.7 Å². The highest BCUT2D eigenvalue weighted by Crippen LogP contribution is 2.22. The lowest BCUT2D eigenvalue weighted by molar-refractivity contribution is 0.977. The molecule has 2 aromatic rings. The van der Waals surface area contributed by atoms with Gasteiger partial charge in [0.25, 0.3) is 0 Å². The number of nitrogens with one attached hydrogen (secondary N) is 1. The van der Waals surface area contributed by atoms with Crippen molar-refractivity contribution in [1.29, 1.82) is 0 Å². The van der Waals surface area contributed by atoms with E-state index < -0.39 is 0 Å². The van der Waals surface area contributed by atoms with E-state index in [1.807, 2.05) is 6.92 Å². The van der Waals surface area contributed by atoms with Crippen molar-refractivity contribution in [3.63, 3.8) is 0 Å². The van der Waals surface area contributed by atoms with Crippen molar-refractivity contribution >= 4 is 29.0 Å². The van der Waals surface area contributed by atoms with Gasteiger partial charge < -0.3 is 5.32 Å². The number of hydrogen-bond acceptors (Lipinski definition) is 4. The molecule has 6 heteroatoms. The van der Waals surface area contributed by atoms with Crippen LogP contribution in [0.5, 0.6) is 0 Å². The van der Waals surface area contributed by atoms with Gasteiger partial charge in [0.1, 0.15) is 5.82 Å². The Labute approximate surface area is 109 Å². The molecule has 88 valence electrons. The minimum Gasteiger partial charge on any atom is -0.363 e. The summed E-state index contributed by atoms with van der Waals surface area (Å²) in [4.78, 5) is 12.5. The third-order valence-corrected chi connectivity index (χ3v) is 2.57. The van der Waals surface area contributed by atoms with Gasteiger partial charge in [-0.3, -0.25) is 9.97 Å². The van der Waals surface area contributed by atoms with Crippen LogP contribution in [-0.4, -0.2) is 15.0 Å². The highest BCUT2D eigenvalue weighted by Gasteiger charge is 2.03. The fourth-order valence-corrected chi connectivity index (χ4v) is 1.68. The van der Waals surface area contributed by atoms with E-state index in [-0.39, 0.29) is 0 Å². The van der Waals surface area contributed by atoms with Crippen molar-refractivity contribution in [3.05, 3.63) is 46.1 Å². The van der Waals surface area contributed by atoms with E-state index in [0.717, 1.165) is 11.4 Å². The molecule has 0 radical (unpaired) electrons. The quantitative estimate of drug-likeness (QED) is 0.930. The summed E-state index contributed by atoms with van der Waals surface area (Å²) in [6.07, 6.45) is 4.97. The Bertz CT molecular complexity index is 513. The van der Waals surface area contributed by atoms with Crippen LogP contribution >= 0.6 is 23.2 Å². The van der Waals surface area contributed by atoms with Gasteiger partial charge in [0.2, 0.25) is 0 Å². The Kier molecular flexibility index (Phi) is 3.76. The summed E-state index contributed by atoms with van der Waals surface area (Å²) in [5, 5.41) is 4.07. The normalized spacial score (nSPS) is 10.3. The Morgan fingerprint density at radius 2 is 1.94 bits per heavy atom. The van der Waals surface area contributed by atoms with Gasteiger partial charge in [0, 0.05) is 12.4 Å². The molecule has 17 heavy (non-hydrogen) atoms. The monoisotopic (exact) mass is 268 g/mol. The highest BCUT2D eigenvalue weighted by atomic mass is 35.5. The SMILES string of the molecule is Cc1cnc(CNc2ncc(Cl)cc2Cl)cn1. The standard InChI is InChI=1S/C11H10Cl2N4/c1-7-3-15-9(5-14-7)6-17-11-10(13)2-8(12)4-16-11/h2-5H,6H2,1H3,(H,16,17). The molecule has 0 amide bonds. The van der Waals surface area contributed by atoms with Gasteiger partial charge in [-0.05, 0) is 13.0 Å². The zero-order valence-corrected chi connectivity index (χ0v) is 10.6. The third kappa shape index (κ3) is 3.28. The summed E-state index contributed by atoms with van der Waals surface area (Å²) in [5.74, 6) is 0.582. The summed E-state index contributed by atoms with van der Waals surface area (Å²) in [6, 6.07) is 1.64. The zero-order valence-electron chi connectivity index (χ0n) is 9.11. The van der Waals surface area contributed by atoms with Crippen LogP contribution in [0.2, 0.25) is 10.0 Å². The second-order valence-corrected chi connectivity index (χ2v) is 4.33. The van der Waals surface area contributed by atoms with Crippen LogP contribution in [0.15, 0.2) is 24.7 Å². The van der Waals surface area contributed by atoms with Crippen molar-refractivity contribution < 1.29 is 0 Å². The van der Waals surface area contributed by atoms with E-state index in [1.54, 1.807) is 18.5 Å². The van der Waals surface area contributed by atoms with E-state index >= 15 is 0 Å². The predicted octanol–water partition coefficient (Wildman–Crippen LogP) is 3.10. The van der Waals surface area contributed by atoms with Crippen molar-refractivity contribution in [2.75, 3.05) is 5.32 Å². The summed E-state index contributed by atoms with van der Waals surface area (Å²) in [7, 11) is 0. The van der Waals surface area contributed by atoms with Crippen LogP contribution in [0.3, 0.4) is 0 Å². The fourth-order valence-electron chi connectivity index (χ4n) is 1.23. The van der Waals surface area contributed by atoms with Gasteiger partial charge in [-0.25, -0.2) is 4.98 Å². The number of anilines is 1. The molecular formula is C11H10Cl2N4. The number of halogens is 2. The Morgan fingerprint density at radius 3 is 2.59 bits per heavy atom. The van der Waals surface area contributed by atoms with Crippen molar-refractivity contribution in [2.45, 2.75) is 13.5 Å². The van der Waals surface area contributed by atoms with E-state index in [0.29, 0.717) is 22.4 Å². The van der Waals surface area contributed by atoms with Crippen molar-refractivity contribution in [2.24, 2.45) is 0 Å². The van der Waals surface area contributed by atoms with Crippen LogP contribution in [0, 0.1) is 6.92 Å². The molecule has 0 spiro atoms. The van der Waals surface area contributed by atoms with Crippen LogP contribution in [0.1, 0.15) is 11.4 Å². The Balaban J connectivity index is 2.04. The van der Waals surface area contributed by atoms with Gasteiger partial charge in [-0.15, -0.1) is 0 Å². The first-order valence-corrected chi connectivity index (χ1v) is 5.73.